The molecular formula is C20H28N4O2. The summed E-state index contributed by atoms with van der Waals surface area (Å²) in [6, 6.07) is 8.63. The second-order valence-corrected chi connectivity index (χ2v) is 6.96. The molecule has 0 amide bonds. The normalized spacial score (nSPS) is 22.8. The Balaban J connectivity index is 1.55. The van der Waals surface area contributed by atoms with Gasteiger partial charge in [-0.25, -0.2) is 0 Å². The quantitative estimate of drug-likeness (QED) is 0.386. The Morgan fingerprint density at radius 1 is 1.23 bits per heavy atom. The summed E-state index contributed by atoms with van der Waals surface area (Å²) in [5.74, 6) is 0.861. The van der Waals surface area contributed by atoms with Crippen LogP contribution in [-0.4, -0.2) is 57.2 Å². The van der Waals surface area contributed by atoms with E-state index in [9.17, 15) is 4.79 Å². The molecule has 1 fully saturated rings. The Kier molecular flexibility index (Phi) is 5.81. The highest BCUT2D eigenvalue weighted by molar-refractivity contribution is 5.82. The molecule has 6 nitrogen and oxygen atoms in total. The summed E-state index contributed by atoms with van der Waals surface area (Å²) in [6.45, 7) is 6.21. The largest absolute Gasteiger partial charge is 0.469 e. The van der Waals surface area contributed by atoms with Gasteiger partial charge in [0.05, 0.1) is 13.0 Å². The maximum atomic E-state index is 11.9. The molecule has 1 saturated heterocycles. The highest BCUT2D eigenvalue weighted by Crippen LogP contribution is 2.24. The van der Waals surface area contributed by atoms with Crippen molar-refractivity contribution >= 4 is 17.6 Å². The van der Waals surface area contributed by atoms with E-state index in [0.717, 1.165) is 25.6 Å². The molecular weight excluding hydrogens is 328 g/mol. The van der Waals surface area contributed by atoms with Gasteiger partial charge in [0.15, 0.2) is 5.96 Å². The first-order valence-corrected chi connectivity index (χ1v) is 9.14. The maximum Gasteiger partial charge on any atom is 0.310 e. The van der Waals surface area contributed by atoms with Crippen molar-refractivity contribution in [2.24, 2.45) is 16.8 Å². The second kappa shape index (κ2) is 8.25. The fourth-order valence-electron chi connectivity index (χ4n) is 3.62. The second-order valence-electron chi connectivity index (χ2n) is 6.96. The highest BCUT2D eigenvalue weighted by atomic mass is 16.5. The van der Waals surface area contributed by atoms with E-state index in [1.54, 1.807) is 7.05 Å². The number of methoxy groups -OCH3 is 1. The molecule has 2 heterocycles. The lowest BCUT2D eigenvalue weighted by molar-refractivity contribution is -0.145. The molecule has 0 radical (unpaired) electrons. The van der Waals surface area contributed by atoms with Crippen molar-refractivity contribution < 1.29 is 9.53 Å². The third-order valence-corrected chi connectivity index (χ3v) is 5.20. The number of carbonyl (C=O) groups is 1. The van der Waals surface area contributed by atoms with Crippen molar-refractivity contribution in [2.45, 2.75) is 13.5 Å². The molecule has 2 atom stereocenters. The standard InChI is InChI=1S/C20H28N4O2/c1-15-13-24(14-18(15)19(25)26-3)20(21-2)22-12-16-6-8-17(9-7-16)23-10-4-5-11-23/h4-9,15,18H,10-14H2,1-3H3,(H,21,22). The Hall–Kier alpha value is -2.50. The Morgan fingerprint density at radius 2 is 1.92 bits per heavy atom. The number of ether oxygens (including phenoxy) is 1. The van der Waals surface area contributed by atoms with E-state index >= 15 is 0 Å². The summed E-state index contributed by atoms with van der Waals surface area (Å²) in [5.41, 5.74) is 2.45. The number of carbonyl (C=O) groups excluding carboxylic acids is 1. The van der Waals surface area contributed by atoms with Gasteiger partial charge in [-0.3, -0.25) is 9.79 Å². The van der Waals surface area contributed by atoms with Crippen molar-refractivity contribution in [1.29, 1.82) is 0 Å². The average Bonchev–Trinajstić information content (AvgIpc) is 3.32. The third kappa shape index (κ3) is 4.00. The molecule has 0 saturated carbocycles. The Bertz CT molecular complexity index is 676. The van der Waals surface area contributed by atoms with Crippen LogP contribution in [0.4, 0.5) is 5.69 Å². The van der Waals surface area contributed by atoms with Gasteiger partial charge in [-0.05, 0) is 23.6 Å². The number of nitrogens with one attached hydrogen (secondary N) is 1. The molecule has 0 aliphatic carbocycles. The topological polar surface area (TPSA) is 57.2 Å². The van der Waals surface area contributed by atoms with Crippen LogP contribution in [0.1, 0.15) is 12.5 Å². The summed E-state index contributed by atoms with van der Waals surface area (Å²) in [4.78, 5) is 20.7. The van der Waals surface area contributed by atoms with Crippen molar-refractivity contribution in [3.05, 3.63) is 42.0 Å². The van der Waals surface area contributed by atoms with E-state index in [1.165, 1.54) is 18.4 Å². The van der Waals surface area contributed by atoms with Crippen LogP contribution in [0.3, 0.4) is 0 Å². The van der Waals surface area contributed by atoms with Gasteiger partial charge in [0.2, 0.25) is 0 Å². The first-order valence-electron chi connectivity index (χ1n) is 9.14. The molecule has 3 rings (SSSR count). The number of benzene rings is 1. The third-order valence-electron chi connectivity index (χ3n) is 5.20. The number of likely N-dealkylation sites (tertiary alicyclic amines) is 1. The van der Waals surface area contributed by atoms with Crippen molar-refractivity contribution in [2.75, 3.05) is 45.2 Å². The molecule has 0 bridgehead atoms. The number of hydrogen-bond donors (Lipinski definition) is 1. The lowest BCUT2D eigenvalue weighted by Gasteiger charge is -2.22. The molecule has 0 spiro atoms. The number of hydrogen-bond acceptors (Lipinski definition) is 4. The molecule has 140 valence electrons. The van der Waals surface area contributed by atoms with Crippen LogP contribution >= 0.6 is 0 Å². The SMILES string of the molecule is CN=C(NCc1ccc(N2CC=CC2)cc1)N1CC(C)C(C(=O)OC)C1. The van der Waals surface area contributed by atoms with E-state index in [1.807, 2.05) is 0 Å². The Labute approximate surface area is 155 Å². The highest BCUT2D eigenvalue weighted by Gasteiger charge is 2.36. The van der Waals surface area contributed by atoms with Gasteiger partial charge < -0.3 is 19.9 Å². The molecule has 1 aromatic rings. The molecule has 6 heteroatoms. The summed E-state index contributed by atoms with van der Waals surface area (Å²) in [7, 11) is 3.23. The van der Waals surface area contributed by atoms with E-state index in [-0.39, 0.29) is 17.8 Å². The zero-order valence-electron chi connectivity index (χ0n) is 15.8. The fraction of sp³-hybridized carbons (Fsp3) is 0.500. The minimum absolute atomic E-state index is 0.0908. The molecule has 1 N–H and O–H groups in total. The number of anilines is 1. The molecule has 26 heavy (non-hydrogen) atoms. The van der Waals surface area contributed by atoms with Gasteiger partial charge in [-0.15, -0.1) is 0 Å². The van der Waals surface area contributed by atoms with Gasteiger partial charge in [-0.2, -0.15) is 0 Å². The van der Waals surface area contributed by atoms with Gasteiger partial charge in [0, 0.05) is 45.5 Å². The summed E-state index contributed by atoms with van der Waals surface area (Å²) in [6.07, 6.45) is 4.39. The van der Waals surface area contributed by atoms with Crippen LogP contribution in [0.15, 0.2) is 41.4 Å². The zero-order chi connectivity index (χ0) is 18.5. The van der Waals surface area contributed by atoms with Gasteiger partial charge in [0.25, 0.3) is 0 Å². The van der Waals surface area contributed by atoms with Crippen LogP contribution < -0.4 is 10.2 Å². The van der Waals surface area contributed by atoms with Gasteiger partial charge in [0.1, 0.15) is 0 Å². The summed E-state index contributed by atoms with van der Waals surface area (Å²) >= 11 is 0. The monoisotopic (exact) mass is 356 g/mol. The molecule has 1 aromatic carbocycles. The minimum Gasteiger partial charge on any atom is -0.469 e. The van der Waals surface area contributed by atoms with E-state index in [4.69, 9.17) is 4.74 Å². The fourth-order valence-corrected chi connectivity index (χ4v) is 3.62. The van der Waals surface area contributed by atoms with Crippen molar-refractivity contribution in [1.82, 2.24) is 10.2 Å². The number of guanidine groups is 1. The zero-order valence-corrected chi connectivity index (χ0v) is 15.8. The van der Waals surface area contributed by atoms with Crippen molar-refractivity contribution in [3.63, 3.8) is 0 Å². The molecule has 2 aliphatic heterocycles. The van der Waals surface area contributed by atoms with Crippen LogP contribution in [0.25, 0.3) is 0 Å². The van der Waals surface area contributed by atoms with Gasteiger partial charge >= 0.3 is 5.97 Å². The lowest BCUT2D eigenvalue weighted by atomic mass is 9.99. The molecule has 2 aliphatic rings. The van der Waals surface area contributed by atoms with Crippen molar-refractivity contribution in [3.8, 4) is 0 Å². The van der Waals surface area contributed by atoms with Crippen LogP contribution in [0.5, 0.6) is 0 Å². The summed E-state index contributed by atoms with van der Waals surface area (Å²) in [5, 5.41) is 3.41. The number of esters is 1. The number of nitrogens with zero attached hydrogens (tertiary/aromatic N) is 3. The predicted molar refractivity (Wildman–Crippen MR) is 104 cm³/mol. The first-order chi connectivity index (χ1) is 12.6. The lowest BCUT2D eigenvalue weighted by Crippen LogP contribution is -2.40. The van der Waals surface area contributed by atoms with E-state index in [2.05, 4.69) is 63.5 Å². The smallest absolute Gasteiger partial charge is 0.310 e. The number of rotatable bonds is 4. The number of aliphatic imine (C=N–C) groups is 1. The van der Waals surface area contributed by atoms with Crippen LogP contribution in [0.2, 0.25) is 0 Å². The van der Waals surface area contributed by atoms with Gasteiger partial charge in [-0.1, -0.05) is 31.2 Å². The maximum absolute atomic E-state index is 11.9. The first kappa shape index (κ1) is 18.3. The van der Waals surface area contributed by atoms with E-state index < -0.39 is 0 Å². The van der Waals surface area contributed by atoms with Crippen LogP contribution in [0, 0.1) is 11.8 Å². The van der Waals surface area contributed by atoms with Crippen LogP contribution in [-0.2, 0) is 16.1 Å². The molecule has 2 unspecified atom stereocenters. The molecule has 0 aromatic heterocycles. The Morgan fingerprint density at radius 3 is 2.54 bits per heavy atom. The average molecular weight is 356 g/mol. The minimum atomic E-state index is -0.137. The van der Waals surface area contributed by atoms with E-state index in [0.29, 0.717) is 13.1 Å². The summed E-state index contributed by atoms with van der Waals surface area (Å²) < 4.78 is 4.91. The predicted octanol–water partition coefficient (Wildman–Crippen LogP) is 1.88.